The summed E-state index contributed by atoms with van der Waals surface area (Å²) in [6.45, 7) is 6.83. The Bertz CT molecular complexity index is 666. The van der Waals surface area contributed by atoms with Crippen LogP contribution in [0.25, 0.3) is 11.3 Å². The molecule has 0 aliphatic carbocycles. The van der Waals surface area contributed by atoms with Crippen LogP contribution >= 0.6 is 0 Å². The van der Waals surface area contributed by atoms with Gasteiger partial charge in [0.25, 0.3) is 0 Å². The molecule has 1 nitrogen and oxygen atoms in total. The maximum atomic E-state index is 2.50. The van der Waals surface area contributed by atoms with Crippen molar-refractivity contribution in [2.75, 3.05) is 0 Å². The molecule has 118 valence electrons. The molecule has 2 heteroatoms. The number of aromatic nitrogens is 1. The molecule has 0 spiro atoms. The van der Waals surface area contributed by atoms with E-state index in [2.05, 4.69) is 86.2 Å². The molecular formula is C20H30GeN+. The van der Waals surface area contributed by atoms with Gasteiger partial charge in [0.05, 0.1) is 0 Å². The van der Waals surface area contributed by atoms with Gasteiger partial charge in [0.2, 0.25) is 0 Å². The Labute approximate surface area is 138 Å². The molecule has 0 saturated heterocycles. The quantitative estimate of drug-likeness (QED) is 0.570. The van der Waals surface area contributed by atoms with E-state index in [1.807, 2.05) is 0 Å². The zero-order valence-corrected chi connectivity index (χ0v) is 17.3. The summed E-state index contributed by atoms with van der Waals surface area (Å²) in [7, 11) is 2.19. The van der Waals surface area contributed by atoms with Crippen LogP contribution in [0.5, 0.6) is 0 Å². The Morgan fingerprint density at radius 1 is 1.09 bits per heavy atom. The van der Waals surface area contributed by atoms with E-state index in [9.17, 15) is 0 Å². The van der Waals surface area contributed by atoms with E-state index in [0.717, 1.165) is 0 Å². The number of benzene rings is 1. The zero-order valence-electron chi connectivity index (χ0n) is 15.2. The van der Waals surface area contributed by atoms with E-state index in [4.69, 9.17) is 0 Å². The molecule has 0 radical (unpaired) electrons. The molecule has 0 amide bonds. The van der Waals surface area contributed by atoms with Gasteiger partial charge in [0, 0.05) is 0 Å². The van der Waals surface area contributed by atoms with Gasteiger partial charge < -0.3 is 0 Å². The van der Waals surface area contributed by atoms with E-state index in [1.54, 1.807) is 9.96 Å². The molecular weight excluding hydrogens is 327 g/mol. The van der Waals surface area contributed by atoms with Crippen LogP contribution in [0.2, 0.25) is 17.3 Å². The molecule has 0 N–H and O–H groups in total. The van der Waals surface area contributed by atoms with E-state index in [-0.39, 0.29) is 0 Å². The Hall–Kier alpha value is -1.09. The normalized spacial score (nSPS) is 12.0. The molecule has 0 aliphatic heterocycles. The zero-order chi connectivity index (χ0) is 16.5. The number of hydrogen-bond acceptors (Lipinski definition) is 0. The van der Waals surface area contributed by atoms with Crippen LogP contribution in [-0.2, 0) is 13.5 Å². The van der Waals surface area contributed by atoms with Gasteiger partial charge in [0.1, 0.15) is 0 Å². The summed E-state index contributed by atoms with van der Waals surface area (Å²) in [4.78, 5) is 0. The predicted molar refractivity (Wildman–Crippen MR) is 99.3 cm³/mol. The van der Waals surface area contributed by atoms with Crippen LogP contribution in [0.4, 0.5) is 0 Å². The summed E-state index contributed by atoms with van der Waals surface area (Å²) in [5.41, 5.74) is 5.61. The monoisotopic (exact) mass is 358 g/mol. The average molecular weight is 357 g/mol. The molecule has 2 rings (SSSR count). The molecule has 0 fully saturated rings. The molecule has 0 bridgehead atoms. The van der Waals surface area contributed by atoms with E-state index in [1.165, 1.54) is 23.2 Å². The van der Waals surface area contributed by atoms with Crippen molar-refractivity contribution in [1.29, 1.82) is 0 Å². The van der Waals surface area contributed by atoms with Crippen LogP contribution in [0, 0.1) is 12.8 Å². The van der Waals surface area contributed by atoms with Crippen molar-refractivity contribution >= 4 is 17.7 Å². The second-order valence-corrected chi connectivity index (χ2v) is 18.4. The molecule has 1 aromatic heterocycles. The number of hydrogen-bond donors (Lipinski definition) is 0. The Morgan fingerprint density at radius 2 is 1.73 bits per heavy atom. The van der Waals surface area contributed by atoms with Crippen LogP contribution in [0.3, 0.4) is 0 Å². The standard InChI is InChI=1S/C20H30GeN/c1-15(2)12-17-14-22(7)20(13-19(17)21(4,5)6)18-11-9-8-10-16(18)3/h8-11,13-15H,12H2,1-7H3/q+1. The first-order chi connectivity index (χ1) is 10.2. The number of pyridine rings is 1. The fourth-order valence-electron chi connectivity index (χ4n) is 3.13. The van der Waals surface area contributed by atoms with Crippen molar-refractivity contribution in [2.24, 2.45) is 13.0 Å². The molecule has 0 aliphatic rings. The molecule has 0 saturated carbocycles. The molecule has 1 heterocycles. The summed E-state index contributed by atoms with van der Waals surface area (Å²) in [6.07, 6.45) is 3.56. The summed E-state index contributed by atoms with van der Waals surface area (Å²) >= 11 is -1.90. The fourth-order valence-corrected chi connectivity index (χ4v) is 6.70. The van der Waals surface area contributed by atoms with Gasteiger partial charge >= 0.3 is 139 Å². The van der Waals surface area contributed by atoms with Crippen molar-refractivity contribution in [3.8, 4) is 11.3 Å². The topological polar surface area (TPSA) is 3.88 Å². The Kier molecular flexibility index (Phi) is 5.16. The van der Waals surface area contributed by atoms with Crippen molar-refractivity contribution in [1.82, 2.24) is 0 Å². The van der Waals surface area contributed by atoms with Gasteiger partial charge in [-0.1, -0.05) is 0 Å². The van der Waals surface area contributed by atoms with Crippen molar-refractivity contribution in [3.63, 3.8) is 0 Å². The fraction of sp³-hybridized carbons (Fsp3) is 0.450. The molecule has 1 aromatic carbocycles. The van der Waals surface area contributed by atoms with Crippen LogP contribution in [0.1, 0.15) is 25.0 Å². The first-order valence-electron chi connectivity index (χ1n) is 8.29. The van der Waals surface area contributed by atoms with Gasteiger partial charge in [-0.05, 0) is 0 Å². The van der Waals surface area contributed by atoms with Gasteiger partial charge in [-0.2, -0.15) is 0 Å². The second-order valence-electron chi connectivity index (χ2n) is 7.87. The molecule has 0 unspecified atom stereocenters. The van der Waals surface area contributed by atoms with Crippen LogP contribution < -0.4 is 8.96 Å². The first kappa shape index (κ1) is 17.3. The maximum absolute atomic E-state index is 2.50. The SMILES string of the molecule is Cc1ccccc1-c1c[c]([Ge]([CH3])([CH3])[CH3])c(CC(C)C)c[n+]1C. The molecule has 2 aromatic rings. The van der Waals surface area contributed by atoms with Crippen molar-refractivity contribution < 1.29 is 4.57 Å². The molecule has 22 heavy (non-hydrogen) atoms. The Balaban J connectivity index is 2.66. The average Bonchev–Trinajstić information content (AvgIpc) is 2.38. The summed E-state index contributed by atoms with van der Waals surface area (Å²) in [6, 6.07) is 11.2. The second kappa shape index (κ2) is 6.58. The van der Waals surface area contributed by atoms with Gasteiger partial charge in [-0.3, -0.25) is 0 Å². The molecule has 0 atom stereocenters. The minimum absolute atomic E-state index is 0.702. The minimum atomic E-state index is -1.90. The van der Waals surface area contributed by atoms with Gasteiger partial charge in [-0.15, -0.1) is 0 Å². The predicted octanol–water partition coefficient (Wildman–Crippen LogP) is 4.23. The third-order valence-electron chi connectivity index (χ3n) is 4.21. The van der Waals surface area contributed by atoms with Gasteiger partial charge in [0.15, 0.2) is 0 Å². The third-order valence-corrected chi connectivity index (χ3v) is 8.58. The number of aryl methyl sites for hydroxylation is 2. The summed E-state index contributed by atoms with van der Waals surface area (Å²) in [5, 5.41) is 0. The summed E-state index contributed by atoms with van der Waals surface area (Å²) in [5.74, 6) is 8.20. The van der Waals surface area contributed by atoms with E-state index >= 15 is 0 Å². The van der Waals surface area contributed by atoms with Crippen molar-refractivity contribution in [3.05, 3.63) is 47.7 Å². The first-order valence-corrected chi connectivity index (χ1v) is 15.6. The number of rotatable bonds is 4. The van der Waals surface area contributed by atoms with E-state index in [0.29, 0.717) is 5.92 Å². The number of nitrogens with zero attached hydrogens (tertiary/aromatic N) is 1. The van der Waals surface area contributed by atoms with Crippen molar-refractivity contribution in [2.45, 2.75) is 44.5 Å². The summed E-state index contributed by atoms with van der Waals surface area (Å²) < 4.78 is 3.97. The van der Waals surface area contributed by atoms with Gasteiger partial charge in [-0.25, -0.2) is 0 Å². The Morgan fingerprint density at radius 3 is 2.27 bits per heavy atom. The van der Waals surface area contributed by atoms with Crippen LogP contribution in [-0.4, -0.2) is 13.3 Å². The third kappa shape index (κ3) is 3.81. The van der Waals surface area contributed by atoms with Crippen LogP contribution in [0.15, 0.2) is 36.5 Å². The van der Waals surface area contributed by atoms with E-state index < -0.39 is 13.3 Å².